The molecule has 0 saturated carbocycles. The summed E-state index contributed by atoms with van der Waals surface area (Å²) < 4.78 is 42.0. The molecule has 27 heavy (non-hydrogen) atoms. The molecule has 0 bridgehead atoms. The summed E-state index contributed by atoms with van der Waals surface area (Å²) in [5, 5.41) is 3.40. The molecule has 1 aliphatic heterocycles. The number of nitrogens with zero attached hydrogens (tertiary/aromatic N) is 2. The van der Waals surface area contributed by atoms with Crippen LogP contribution < -0.4 is 5.32 Å². The summed E-state index contributed by atoms with van der Waals surface area (Å²) in [5.74, 6) is -2.41. The predicted molar refractivity (Wildman–Crippen MR) is 95.6 cm³/mol. The lowest BCUT2D eigenvalue weighted by molar-refractivity contribution is -0.196. The highest BCUT2D eigenvalue weighted by molar-refractivity contribution is 7.12. The normalized spacial score (nSPS) is 19.9. The second-order valence-corrected chi connectivity index (χ2v) is 6.85. The van der Waals surface area contributed by atoms with E-state index in [-0.39, 0.29) is 17.3 Å². The number of aliphatic imine (C=N–C) groups is 1. The first-order valence-corrected chi connectivity index (χ1v) is 9.08. The fourth-order valence-corrected chi connectivity index (χ4v) is 3.39. The molecule has 0 aliphatic carbocycles. The standard InChI is InChI=1S/C18H16F3N3O2S/c1-2-10-24-14(12-7-4-3-5-8-12)22-17(16(24)26,18(19,20)21)23-15(25)13-9-6-11-27-13/h3-9,11H,2,10H2,1H3,(H,23,25). The molecule has 3 rings (SSSR count). The third kappa shape index (κ3) is 3.34. The molecule has 0 spiro atoms. The Morgan fingerprint density at radius 3 is 2.48 bits per heavy atom. The highest BCUT2D eigenvalue weighted by Crippen LogP contribution is 2.38. The molecule has 5 nitrogen and oxygen atoms in total. The van der Waals surface area contributed by atoms with Crippen LogP contribution in [-0.2, 0) is 4.79 Å². The lowest BCUT2D eigenvalue weighted by Gasteiger charge is -2.28. The molecule has 0 fully saturated rings. The number of amidine groups is 1. The maximum Gasteiger partial charge on any atom is 0.442 e. The highest BCUT2D eigenvalue weighted by atomic mass is 32.1. The van der Waals surface area contributed by atoms with Crippen LogP contribution in [0.15, 0.2) is 52.8 Å². The quantitative estimate of drug-likeness (QED) is 0.843. The van der Waals surface area contributed by atoms with E-state index in [1.807, 2.05) is 5.32 Å². The van der Waals surface area contributed by atoms with Crippen molar-refractivity contribution >= 4 is 29.0 Å². The Morgan fingerprint density at radius 2 is 1.93 bits per heavy atom. The minimum atomic E-state index is -5.10. The van der Waals surface area contributed by atoms with E-state index >= 15 is 0 Å². The molecular formula is C18H16F3N3O2S. The number of rotatable bonds is 5. The molecule has 142 valence electrons. The monoisotopic (exact) mass is 395 g/mol. The van der Waals surface area contributed by atoms with Crippen molar-refractivity contribution in [3.8, 4) is 0 Å². The molecule has 0 radical (unpaired) electrons. The Hall–Kier alpha value is -2.68. The molecule has 2 heterocycles. The van der Waals surface area contributed by atoms with Gasteiger partial charge in [0.05, 0.1) is 4.88 Å². The Balaban J connectivity index is 2.10. The first-order valence-electron chi connectivity index (χ1n) is 8.20. The number of thiophene rings is 1. The number of alkyl halides is 3. The lowest BCUT2D eigenvalue weighted by Crippen LogP contribution is -2.63. The molecule has 1 aliphatic rings. The molecule has 1 aromatic carbocycles. The maximum absolute atomic E-state index is 14.0. The fraction of sp³-hybridized carbons (Fsp3) is 0.278. The van der Waals surface area contributed by atoms with Gasteiger partial charge < -0.3 is 5.32 Å². The number of carbonyl (C=O) groups excluding carboxylic acids is 2. The van der Waals surface area contributed by atoms with Crippen LogP contribution in [0.25, 0.3) is 0 Å². The van der Waals surface area contributed by atoms with Crippen molar-refractivity contribution in [1.82, 2.24) is 10.2 Å². The van der Waals surface area contributed by atoms with Gasteiger partial charge in [-0.3, -0.25) is 14.5 Å². The van der Waals surface area contributed by atoms with E-state index < -0.39 is 23.7 Å². The molecule has 2 amide bonds. The Bertz CT molecular complexity index is 866. The lowest BCUT2D eigenvalue weighted by atomic mass is 10.1. The van der Waals surface area contributed by atoms with Crippen LogP contribution in [0.2, 0.25) is 0 Å². The maximum atomic E-state index is 14.0. The Morgan fingerprint density at radius 1 is 1.22 bits per heavy atom. The van der Waals surface area contributed by atoms with Gasteiger partial charge in [0, 0.05) is 12.1 Å². The smallest absolute Gasteiger partial charge is 0.311 e. The number of amides is 2. The van der Waals surface area contributed by atoms with Gasteiger partial charge in [-0.25, -0.2) is 4.99 Å². The van der Waals surface area contributed by atoms with Crippen molar-refractivity contribution in [2.75, 3.05) is 6.54 Å². The number of nitrogens with one attached hydrogen (secondary N) is 1. The van der Waals surface area contributed by atoms with Crippen LogP contribution in [0.1, 0.15) is 28.6 Å². The first kappa shape index (κ1) is 19.1. The number of carbonyl (C=O) groups is 2. The van der Waals surface area contributed by atoms with Gasteiger partial charge in [0.25, 0.3) is 11.8 Å². The van der Waals surface area contributed by atoms with Crippen molar-refractivity contribution in [3.63, 3.8) is 0 Å². The number of hydrogen-bond acceptors (Lipinski definition) is 4. The van der Waals surface area contributed by atoms with E-state index in [0.29, 0.717) is 12.0 Å². The van der Waals surface area contributed by atoms with Gasteiger partial charge in [-0.1, -0.05) is 43.3 Å². The van der Waals surface area contributed by atoms with E-state index in [1.165, 1.54) is 6.07 Å². The van der Waals surface area contributed by atoms with E-state index in [9.17, 15) is 22.8 Å². The van der Waals surface area contributed by atoms with Crippen LogP contribution in [0, 0.1) is 0 Å². The van der Waals surface area contributed by atoms with Gasteiger partial charge >= 0.3 is 11.8 Å². The molecule has 1 atom stereocenters. The van der Waals surface area contributed by atoms with Gasteiger partial charge in [0.15, 0.2) is 0 Å². The van der Waals surface area contributed by atoms with Crippen molar-refractivity contribution in [2.45, 2.75) is 25.2 Å². The summed E-state index contributed by atoms with van der Waals surface area (Å²) in [4.78, 5) is 29.9. The summed E-state index contributed by atoms with van der Waals surface area (Å²) in [5.41, 5.74) is -2.97. The zero-order valence-corrected chi connectivity index (χ0v) is 15.1. The molecule has 1 unspecified atom stereocenters. The van der Waals surface area contributed by atoms with Gasteiger partial charge in [0.2, 0.25) is 0 Å². The van der Waals surface area contributed by atoms with E-state index in [0.717, 1.165) is 16.2 Å². The highest BCUT2D eigenvalue weighted by Gasteiger charge is 2.67. The van der Waals surface area contributed by atoms with E-state index in [2.05, 4.69) is 4.99 Å². The molecule has 2 aromatic rings. The Labute approximate surface area is 157 Å². The molecule has 1 aromatic heterocycles. The number of hydrogen-bond donors (Lipinski definition) is 1. The Kier molecular flexibility index (Phi) is 5.05. The van der Waals surface area contributed by atoms with Gasteiger partial charge in [-0.2, -0.15) is 13.2 Å². The van der Waals surface area contributed by atoms with Crippen molar-refractivity contribution < 1.29 is 22.8 Å². The van der Waals surface area contributed by atoms with Crippen molar-refractivity contribution in [1.29, 1.82) is 0 Å². The minimum absolute atomic E-state index is 0.0548. The zero-order chi connectivity index (χ0) is 19.7. The van der Waals surface area contributed by atoms with Crippen LogP contribution in [0.4, 0.5) is 13.2 Å². The molecule has 0 saturated heterocycles. The summed E-state index contributed by atoms with van der Waals surface area (Å²) >= 11 is 0.980. The van der Waals surface area contributed by atoms with Gasteiger partial charge in [0.1, 0.15) is 5.84 Å². The van der Waals surface area contributed by atoms with E-state index in [4.69, 9.17) is 0 Å². The second kappa shape index (κ2) is 7.15. The average Bonchev–Trinajstić information content (AvgIpc) is 3.25. The third-order valence-corrected chi connectivity index (χ3v) is 4.88. The second-order valence-electron chi connectivity index (χ2n) is 5.90. The van der Waals surface area contributed by atoms with Crippen molar-refractivity contribution in [2.24, 2.45) is 4.99 Å². The van der Waals surface area contributed by atoms with Crippen molar-refractivity contribution in [3.05, 3.63) is 58.3 Å². The largest absolute Gasteiger partial charge is 0.442 e. The topological polar surface area (TPSA) is 61.8 Å². The summed E-state index contributed by atoms with van der Waals surface area (Å²) in [6, 6.07) is 11.1. The summed E-state index contributed by atoms with van der Waals surface area (Å²) in [6.07, 6.45) is -4.66. The van der Waals surface area contributed by atoms with Crippen LogP contribution in [0.3, 0.4) is 0 Å². The van der Waals surface area contributed by atoms with Crippen LogP contribution >= 0.6 is 11.3 Å². The SMILES string of the molecule is CCCN1C(=O)C(NC(=O)c2cccs2)(C(F)(F)F)N=C1c1ccccc1. The fourth-order valence-electron chi connectivity index (χ4n) is 2.77. The van der Waals surface area contributed by atoms with E-state index in [1.54, 1.807) is 48.7 Å². The molecule has 1 N–H and O–H groups in total. The molecule has 9 heteroatoms. The summed E-state index contributed by atoms with van der Waals surface area (Å²) in [6.45, 7) is 1.80. The van der Waals surface area contributed by atoms with Crippen LogP contribution in [0.5, 0.6) is 0 Å². The first-order chi connectivity index (χ1) is 12.8. The summed E-state index contributed by atoms with van der Waals surface area (Å²) in [7, 11) is 0. The predicted octanol–water partition coefficient (Wildman–Crippen LogP) is 3.44. The average molecular weight is 395 g/mol. The number of benzene rings is 1. The minimum Gasteiger partial charge on any atom is -0.311 e. The van der Waals surface area contributed by atoms with Crippen LogP contribution in [-0.4, -0.2) is 40.9 Å². The van der Waals surface area contributed by atoms with Gasteiger partial charge in [-0.15, -0.1) is 11.3 Å². The third-order valence-electron chi connectivity index (χ3n) is 4.01. The number of halogens is 3. The van der Waals surface area contributed by atoms with Gasteiger partial charge in [-0.05, 0) is 17.9 Å². The zero-order valence-electron chi connectivity index (χ0n) is 14.3. The molecular weight excluding hydrogens is 379 g/mol.